The Morgan fingerprint density at radius 3 is 2.78 bits per heavy atom. The molecule has 0 heterocycles. The Morgan fingerprint density at radius 2 is 2.11 bits per heavy atom. The minimum absolute atomic E-state index is 0.393. The van der Waals surface area contributed by atoms with E-state index < -0.39 is 9.15 Å². The van der Waals surface area contributed by atoms with Crippen molar-refractivity contribution in [1.82, 2.24) is 5.32 Å². The van der Waals surface area contributed by atoms with Crippen LogP contribution in [0, 0.1) is 0 Å². The Bertz CT molecular complexity index is 352. The maximum Gasteiger partial charge on any atom is 0.319 e. The largest absolute Gasteiger partial charge is 0.319 e. The van der Waals surface area contributed by atoms with Crippen LogP contribution in [0.3, 0.4) is 0 Å². The molecule has 0 aliphatic heterocycles. The third-order valence-corrected chi connectivity index (χ3v) is 5.06. The van der Waals surface area contributed by atoms with Crippen LogP contribution in [0.1, 0.15) is 44.9 Å². The molecule has 0 fully saturated rings. The van der Waals surface area contributed by atoms with Gasteiger partial charge in [0.1, 0.15) is 0 Å². The van der Waals surface area contributed by atoms with Gasteiger partial charge in [0.05, 0.1) is 0 Å². The molecule has 0 aromatic carbocycles. The van der Waals surface area contributed by atoms with Gasteiger partial charge >= 0.3 is 9.15 Å². The Kier molecular flexibility index (Phi) is 7.97. The quantitative estimate of drug-likeness (QED) is 0.296. The summed E-state index contributed by atoms with van der Waals surface area (Å²) in [6.45, 7) is 1.53. The molecule has 0 radical (unpaired) electrons. The molecule has 106 valence electrons. The summed E-state index contributed by atoms with van der Waals surface area (Å²) in [7, 11) is -3.29. The predicted molar refractivity (Wildman–Crippen MR) is 77.3 cm³/mol. The van der Waals surface area contributed by atoms with Crippen molar-refractivity contribution in [2.75, 3.05) is 18.8 Å². The summed E-state index contributed by atoms with van der Waals surface area (Å²) < 4.78 is 29.4. The molecule has 0 bridgehead atoms. The minimum Gasteiger partial charge on any atom is -0.316 e. The van der Waals surface area contributed by atoms with Gasteiger partial charge in [-0.3, -0.25) is 4.55 Å². The van der Waals surface area contributed by atoms with E-state index in [1.807, 2.05) is 0 Å². The lowest BCUT2D eigenvalue weighted by Gasteiger charge is -2.12. The lowest BCUT2D eigenvalue weighted by molar-refractivity contribution is 0.503. The van der Waals surface area contributed by atoms with Crippen LogP contribution in [0.2, 0.25) is 0 Å². The van der Waals surface area contributed by atoms with Crippen LogP contribution in [0.15, 0.2) is 11.6 Å². The highest BCUT2D eigenvalue weighted by molar-refractivity contribution is 8.69. The molecule has 0 spiro atoms. The molecule has 1 rings (SSSR count). The van der Waals surface area contributed by atoms with Gasteiger partial charge in [0.2, 0.25) is 0 Å². The van der Waals surface area contributed by atoms with Crippen molar-refractivity contribution in [3.63, 3.8) is 0 Å². The van der Waals surface area contributed by atoms with Crippen LogP contribution in [0.4, 0.5) is 0 Å². The number of hydrogen-bond acceptors (Lipinski definition) is 4. The van der Waals surface area contributed by atoms with E-state index in [4.69, 9.17) is 4.55 Å². The van der Waals surface area contributed by atoms with Gasteiger partial charge in [-0.25, -0.2) is 0 Å². The first-order chi connectivity index (χ1) is 8.58. The second-order valence-electron chi connectivity index (χ2n) is 4.56. The highest BCUT2D eigenvalue weighted by Crippen LogP contribution is 2.21. The summed E-state index contributed by atoms with van der Waals surface area (Å²) in [4.78, 5) is 0. The zero-order valence-electron chi connectivity index (χ0n) is 10.7. The fourth-order valence-electron chi connectivity index (χ4n) is 2.08. The summed E-state index contributed by atoms with van der Waals surface area (Å²) in [5.41, 5.74) is 1.61. The summed E-state index contributed by atoms with van der Waals surface area (Å²) in [5, 5.41) is 3.18. The van der Waals surface area contributed by atoms with Gasteiger partial charge in [-0.15, -0.1) is 0 Å². The van der Waals surface area contributed by atoms with E-state index in [1.165, 1.54) is 38.5 Å². The Labute approximate surface area is 114 Å². The third-order valence-electron chi connectivity index (χ3n) is 3.00. The van der Waals surface area contributed by atoms with Crippen LogP contribution < -0.4 is 5.32 Å². The van der Waals surface area contributed by atoms with Crippen molar-refractivity contribution < 1.29 is 13.0 Å². The highest BCUT2D eigenvalue weighted by Gasteiger charge is 2.04. The average molecular weight is 293 g/mol. The highest BCUT2D eigenvalue weighted by atomic mass is 33.1. The number of rotatable bonds is 9. The molecule has 1 aliphatic rings. The fourth-order valence-corrected chi connectivity index (χ4v) is 3.40. The maximum absolute atomic E-state index is 10.4. The monoisotopic (exact) mass is 293 g/mol. The summed E-state index contributed by atoms with van der Waals surface area (Å²) in [5.74, 6) is 0.393. The fraction of sp³-hybridized carbons (Fsp3) is 0.833. The SMILES string of the molecule is O=S(=O)(O)SCCNCCCCC1=CCCCC1. The molecular formula is C12H23NO3S2. The maximum atomic E-state index is 10.4. The smallest absolute Gasteiger partial charge is 0.316 e. The van der Waals surface area contributed by atoms with Crippen molar-refractivity contribution in [2.45, 2.75) is 44.9 Å². The Hall–Kier alpha value is -0.0400. The third kappa shape index (κ3) is 8.97. The Balaban J connectivity index is 1.88. The lowest BCUT2D eigenvalue weighted by atomic mass is 9.95. The van der Waals surface area contributed by atoms with Crippen molar-refractivity contribution in [2.24, 2.45) is 0 Å². The van der Waals surface area contributed by atoms with Crippen molar-refractivity contribution in [3.8, 4) is 0 Å². The van der Waals surface area contributed by atoms with Crippen LogP contribution in [-0.4, -0.2) is 31.8 Å². The summed E-state index contributed by atoms with van der Waals surface area (Å²) in [6, 6.07) is 0. The van der Waals surface area contributed by atoms with Gasteiger partial charge in [-0.2, -0.15) is 8.42 Å². The first-order valence-corrected chi connectivity index (χ1v) is 9.52. The average Bonchev–Trinajstić information content (AvgIpc) is 2.32. The van der Waals surface area contributed by atoms with E-state index in [1.54, 1.807) is 5.57 Å². The van der Waals surface area contributed by atoms with Gasteiger partial charge in [0.15, 0.2) is 0 Å². The van der Waals surface area contributed by atoms with E-state index in [2.05, 4.69) is 11.4 Å². The molecule has 0 atom stereocenters. The molecule has 0 saturated carbocycles. The standard InChI is InChI=1S/C12H23NO3S2/c14-18(15,16)17-11-10-13-9-5-4-8-12-6-2-1-3-7-12/h6,13H,1-5,7-11H2,(H,14,15,16). The molecule has 1 aliphatic carbocycles. The van der Waals surface area contributed by atoms with Crippen LogP contribution in [0.25, 0.3) is 0 Å². The minimum atomic E-state index is -3.87. The van der Waals surface area contributed by atoms with Crippen LogP contribution in [0.5, 0.6) is 0 Å². The Morgan fingerprint density at radius 1 is 1.28 bits per heavy atom. The molecule has 6 heteroatoms. The topological polar surface area (TPSA) is 66.4 Å². The van der Waals surface area contributed by atoms with E-state index in [0.717, 1.165) is 13.0 Å². The zero-order chi connectivity index (χ0) is 13.3. The number of hydrogen-bond donors (Lipinski definition) is 2. The van der Waals surface area contributed by atoms with Gasteiger partial charge < -0.3 is 5.32 Å². The van der Waals surface area contributed by atoms with Gasteiger partial charge in [0, 0.05) is 12.3 Å². The van der Waals surface area contributed by atoms with Crippen molar-refractivity contribution in [1.29, 1.82) is 0 Å². The van der Waals surface area contributed by atoms with Crippen molar-refractivity contribution in [3.05, 3.63) is 11.6 Å². The van der Waals surface area contributed by atoms with Gasteiger partial charge in [-0.1, -0.05) is 11.6 Å². The zero-order valence-corrected chi connectivity index (χ0v) is 12.4. The van der Waals surface area contributed by atoms with E-state index >= 15 is 0 Å². The second kappa shape index (κ2) is 8.96. The molecule has 0 unspecified atom stereocenters. The molecule has 4 nitrogen and oxygen atoms in total. The van der Waals surface area contributed by atoms with E-state index in [9.17, 15) is 8.42 Å². The molecule has 18 heavy (non-hydrogen) atoms. The van der Waals surface area contributed by atoms with Crippen LogP contribution >= 0.6 is 10.8 Å². The molecule has 0 aromatic heterocycles. The molecule has 2 N–H and O–H groups in total. The first kappa shape index (κ1) is 16.0. The molecule has 0 amide bonds. The summed E-state index contributed by atoms with van der Waals surface area (Å²) >= 11 is 0. The van der Waals surface area contributed by atoms with Gasteiger partial charge in [-0.05, 0) is 62.3 Å². The normalized spacial score (nSPS) is 16.6. The van der Waals surface area contributed by atoms with E-state index in [0.29, 0.717) is 23.1 Å². The second-order valence-corrected chi connectivity index (χ2v) is 8.04. The molecule has 0 saturated heterocycles. The number of allylic oxidation sites excluding steroid dienone is 2. The summed E-state index contributed by atoms with van der Waals surface area (Å²) in [6.07, 6.45) is 11.1. The first-order valence-electron chi connectivity index (χ1n) is 6.58. The van der Waals surface area contributed by atoms with Crippen LogP contribution in [-0.2, 0) is 9.15 Å². The number of unbranched alkanes of at least 4 members (excludes halogenated alkanes) is 1. The predicted octanol–water partition coefficient (Wildman–Crippen LogP) is 2.78. The molecule has 0 aromatic rings. The molecular weight excluding hydrogens is 270 g/mol. The van der Waals surface area contributed by atoms with Gasteiger partial charge in [0.25, 0.3) is 0 Å². The number of nitrogens with one attached hydrogen (secondary N) is 1. The van der Waals surface area contributed by atoms with E-state index in [-0.39, 0.29) is 0 Å². The lowest BCUT2D eigenvalue weighted by Crippen LogP contribution is -2.19. The van der Waals surface area contributed by atoms with Crippen molar-refractivity contribution >= 4 is 19.9 Å².